The quantitative estimate of drug-likeness (QED) is 0.623. The standard InChI is InChI=1S/C17H24BNO2/c1-12(2)10-13-8-9-14(11-15(13)19-7)18-20-16(3,4)17(5,6)21-18/h8-9,11-12H,10H2,1-6H3. The minimum atomic E-state index is -0.399. The zero-order valence-electron chi connectivity index (χ0n) is 13.9. The van der Waals surface area contributed by atoms with Crippen LogP contribution in [-0.2, 0) is 15.7 Å². The molecule has 0 bridgehead atoms. The second kappa shape index (κ2) is 5.48. The summed E-state index contributed by atoms with van der Waals surface area (Å²) in [6.07, 6.45) is 0.918. The van der Waals surface area contributed by atoms with Gasteiger partial charge in [0.2, 0.25) is 0 Å². The van der Waals surface area contributed by atoms with E-state index < -0.39 is 7.12 Å². The fraction of sp³-hybridized carbons (Fsp3) is 0.588. The highest BCUT2D eigenvalue weighted by Gasteiger charge is 2.51. The van der Waals surface area contributed by atoms with Crippen LogP contribution in [0.25, 0.3) is 4.85 Å². The van der Waals surface area contributed by atoms with Gasteiger partial charge in [-0.25, -0.2) is 4.85 Å². The molecule has 21 heavy (non-hydrogen) atoms. The molecule has 1 heterocycles. The monoisotopic (exact) mass is 285 g/mol. The van der Waals surface area contributed by atoms with Crippen molar-refractivity contribution in [3.8, 4) is 0 Å². The Kier molecular flexibility index (Phi) is 4.19. The van der Waals surface area contributed by atoms with Crippen molar-refractivity contribution in [2.75, 3.05) is 0 Å². The molecule has 1 aromatic rings. The van der Waals surface area contributed by atoms with Crippen LogP contribution in [0, 0.1) is 12.5 Å². The zero-order valence-corrected chi connectivity index (χ0v) is 13.9. The van der Waals surface area contributed by atoms with Crippen LogP contribution < -0.4 is 5.46 Å². The summed E-state index contributed by atoms with van der Waals surface area (Å²) < 4.78 is 12.1. The molecule has 0 amide bonds. The molecule has 112 valence electrons. The van der Waals surface area contributed by atoms with Gasteiger partial charge in [-0.15, -0.1) is 0 Å². The lowest BCUT2D eigenvalue weighted by Gasteiger charge is -2.32. The van der Waals surface area contributed by atoms with Crippen LogP contribution in [0.1, 0.15) is 47.1 Å². The van der Waals surface area contributed by atoms with Gasteiger partial charge in [-0.05, 0) is 51.1 Å². The number of nitrogens with zero attached hydrogens (tertiary/aromatic N) is 1. The van der Waals surface area contributed by atoms with E-state index in [1.807, 2.05) is 45.9 Å². The minimum Gasteiger partial charge on any atom is -0.399 e. The van der Waals surface area contributed by atoms with E-state index in [1.54, 1.807) is 0 Å². The van der Waals surface area contributed by atoms with Crippen LogP contribution in [0.2, 0.25) is 0 Å². The molecule has 0 spiro atoms. The van der Waals surface area contributed by atoms with E-state index in [0.717, 1.165) is 17.4 Å². The van der Waals surface area contributed by atoms with Crippen molar-refractivity contribution in [3.63, 3.8) is 0 Å². The Hall–Kier alpha value is -1.31. The maximum Gasteiger partial charge on any atom is 0.493 e. The number of rotatable bonds is 3. The molecule has 0 atom stereocenters. The highest BCUT2D eigenvalue weighted by atomic mass is 16.7. The minimum absolute atomic E-state index is 0.355. The summed E-state index contributed by atoms with van der Waals surface area (Å²) in [6, 6.07) is 5.97. The molecule has 1 saturated heterocycles. The number of hydrogen-bond acceptors (Lipinski definition) is 2. The second-order valence-corrected chi connectivity index (χ2v) is 7.19. The molecule has 2 rings (SSSR count). The van der Waals surface area contributed by atoms with Crippen LogP contribution in [-0.4, -0.2) is 18.3 Å². The van der Waals surface area contributed by atoms with Crippen molar-refractivity contribution >= 4 is 18.3 Å². The summed E-state index contributed by atoms with van der Waals surface area (Å²) in [6.45, 7) is 19.9. The maximum absolute atomic E-state index is 7.40. The molecule has 0 saturated carbocycles. The van der Waals surface area contributed by atoms with Crippen molar-refractivity contribution in [1.82, 2.24) is 0 Å². The molecule has 3 nitrogen and oxygen atoms in total. The predicted octanol–water partition coefficient (Wildman–Crippen LogP) is 3.74. The summed E-state index contributed by atoms with van der Waals surface area (Å²) in [5, 5.41) is 0. The Morgan fingerprint density at radius 1 is 1.14 bits per heavy atom. The average molecular weight is 285 g/mol. The van der Waals surface area contributed by atoms with Crippen molar-refractivity contribution in [3.05, 3.63) is 35.2 Å². The summed E-state index contributed by atoms with van der Waals surface area (Å²) >= 11 is 0. The SMILES string of the molecule is [C-]#[N+]c1cc(B2OC(C)(C)C(C)(C)O2)ccc1CC(C)C. The molecule has 0 aliphatic carbocycles. The van der Waals surface area contributed by atoms with E-state index >= 15 is 0 Å². The van der Waals surface area contributed by atoms with Gasteiger partial charge in [-0.3, -0.25) is 0 Å². The van der Waals surface area contributed by atoms with Gasteiger partial charge in [0.25, 0.3) is 0 Å². The lowest BCUT2D eigenvalue weighted by Crippen LogP contribution is -2.41. The number of hydrogen-bond donors (Lipinski definition) is 0. The van der Waals surface area contributed by atoms with Crippen LogP contribution in [0.15, 0.2) is 18.2 Å². The largest absolute Gasteiger partial charge is 0.493 e. The molecule has 1 aliphatic heterocycles. The smallest absolute Gasteiger partial charge is 0.399 e. The first-order valence-electron chi connectivity index (χ1n) is 7.52. The van der Waals surface area contributed by atoms with Gasteiger partial charge in [0.05, 0.1) is 17.8 Å². The van der Waals surface area contributed by atoms with Crippen LogP contribution in [0.5, 0.6) is 0 Å². The van der Waals surface area contributed by atoms with Crippen molar-refractivity contribution < 1.29 is 9.31 Å². The van der Waals surface area contributed by atoms with E-state index in [9.17, 15) is 0 Å². The third-order valence-corrected chi connectivity index (χ3v) is 4.38. The molecule has 0 unspecified atom stereocenters. The first kappa shape index (κ1) is 16.1. The lowest BCUT2D eigenvalue weighted by molar-refractivity contribution is 0.00578. The fourth-order valence-electron chi connectivity index (χ4n) is 2.42. The van der Waals surface area contributed by atoms with Gasteiger partial charge in [-0.1, -0.05) is 32.0 Å². The van der Waals surface area contributed by atoms with Gasteiger partial charge < -0.3 is 9.31 Å². The molecule has 1 fully saturated rings. The Bertz CT molecular complexity index is 557. The second-order valence-electron chi connectivity index (χ2n) is 7.19. The van der Waals surface area contributed by atoms with E-state index in [2.05, 4.69) is 18.7 Å². The number of benzene rings is 1. The van der Waals surface area contributed by atoms with Gasteiger partial charge in [0.15, 0.2) is 5.69 Å². The topological polar surface area (TPSA) is 22.8 Å². The summed E-state index contributed by atoms with van der Waals surface area (Å²) in [5.41, 5.74) is 2.02. The first-order valence-corrected chi connectivity index (χ1v) is 7.52. The lowest BCUT2D eigenvalue weighted by atomic mass is 9.78. The molecular formula is C17H24BNO2. The van der Waals surface area contributed by atoms with Gasteiger partial charge >= 0.3 is 7.12 Å². The van der Waals surface area contributed by atoms with Crippen molar-refractivity contribution in [1.29, 1.82) is 0 Å². The zero-order chi connectivity index (χ0) is 15.8. The highest BCUT2D eigenvalue weighted by Crippen LogP contribution is 2.36. The molecule has 0 N–H and O–H groups in total. The van der Waals surface area contributed by atoms with E-state index in [0.29, 0.717) is 11.6 Å². The summed E-state index contributed by atoms with van der Waals surface area (Å²) in [7, 11) is -0.399. The van der Waals surface area contributed by atoms with Gasteiger partial charge in [0, 0.05) is 0 Å². The Labute approximate surface area is 128 Å². The Morgan fingerprint density at radius 2 is 1.71 bits per heavy atom. The van der Waals surface area contributed by atoms with Gasteiger partial charge in [-0.2, -0.15) is 0 Å². The van der Waals surface area contributed by atoms with Crippen molar-refractivity contribution in [2.24, 2.45) is 5.92 Å². The molecule has 0 radical (unpaired) electrons. The molecule has 0 aromatic heterocycles. The predicted molar refractivity (Wildman–Crippen MR) is 87.0 cm³/mol. The van der Waals surface area contributed by atoms with E-state index in [-0.39, 0.29) is 11.2 Å². The van der Waals surface area contributed by atoms with E-state index in [4.69, 9.17) is 15.9 Å². The third kappa shape index (κ3) is 3.15. The average Bonchev–Trinajstić information content (AvgIpc) is 2.58. The van der Waals surface area contributed by atoms with Crippen LogP contribution in [0.3, 0.4) is 0 Å². The summed E-state index contributed by atoms with van der Waals surface area (Å²) in [4.78, 5) is 3.67. The molecule has 1 aliphatic rings. The fourth-order valence-corrected chi connectivity index (χ4v) is 2.42. The van der Waals surface area contributed by atoms with E-state index in [1.165, 1.54) is 0 Å². The maximum atomic E-state index is 7.40. The molecule has 1 aromatic carbocycles. The van der Waals surface area contributed by atoms with Crippen molar-refractivity contribution in [2.45, 2.75) is 59.2 Å². The highest BCUT2D eigenvalue weighted by molar-refractivity contribution is 6.62. The summed E-state index contributed by atoms with van der Waals surface area (Å²) in [5.74, 6) is 0.535. The Morgan fingerprint density at radius 3 is 2.19 bits per heavy atom. The van der Waals surface area contributed by atoms with Gasteiger partial charge in [0.1, 0.15) is 0 Å². The molecular weight excluding hydrogens is 261 g/mol. The normalized spacial score (nSPS) is 19.8. The van der Waals surface area contributed by atoms with Crippen LogP contribution in [0.4, 0.5) is 5.69 Å². The third-order valence-electron chi connectivity index (χ3n) is 4.38. The first-order chi connectivity index (χ1) is 9.66. The Balaban J connectivity index is 2.29. The van der Waals surface area contributed by atoms with Crippen LogP contribution >= 0.6 is 0 Å². The molecule has 4 heteroatoms.